The minimum absolute atomic E-state index is 0.0456. The number of hydrogen-bond acceptors (Lipinski definition) is 7. The van der Waals surface area contributed by atoms with E-state index in [-0.39, 0.29) is 17.8 Å². The first-order valence-corrected chi connectivity index (χ1v) is 11.1. The van der Waals surface area contributed by atoms with Crippen LogP contribution in [-0.2, 0) is 9.53 Å². The van der Waals surface area contributed by atoms with E-state index in [0.717, 1.165) is 36.6 Å². The Kier molecular flexibility index (Phi) is 6.67. The highest BCUT2D eigenvalue weighted by Gasteiger charge is 2.27. The molecule has 0 saturated carbocycles. The monoisotopic (exact) mass is 448 g/mol. The zero-order valence-corrected chi connectivity index (χ0v) is 19.1. The van der Waals surface area contributed by atoms with Crippen molar-refractivity contribution >= 4 is 23.4 Å². The molecule has 4 rings (SSSR count). The van der Waals surface area contributed by atoms with Crippen LogP contribution in [-0.4, -0.2) is 51.6 Å². The van der Waals surface area contributed by atoms with Crippen molar-refractivity contribution in [3.05, 3.63) is 59.4 Å². The first kappa shape index (κ1) is 22.4. The number of aromatic nitrogens is 4. The van der Waals surface area contributed by atoms with Crippen molar-refractivity contribution < 1.29 is 14.3 Å². The summed E-state index contributed by atoms with van der Waals surface area (Å²) in [7, 11) is 0. The number of nitrogens with zero attached hydrogens (tertiary/aromatic N) is 5. The van der Waals surface area contributed by atoms with Crippen LogP contribution in [0.15, 0.2) is 42.5 Å². The Morgan fingerprint density at radius 1 is 1.09 bits per heavy atom. The van der Waals surface area contributed by atoms with Gasteiger partial charge in [-0.1, -0.05) is 0 Å². The minimum atomic E-state index is -0.372. The molecule has 1 aliphatic rings. The lowest BCUT2D eigenvalue weighted by molar-refractivity contribution is -0.120. The van der Waals surface area contributed by atoms with Crippen molar-refractivity contribution in [2.75, 3.05) is 29.9 Å². The van der Waals surface area contributed by atoms with Gasteiger partial charge in [0.05, 0.1) is 23.8 Å². The van der Waals surface area contributed by atoms with Gasteiger partial charge >= 0.3 is 5.97 Å². The number of piperidine rings is 1. The van der Waals surface area contributed by atoms with Gasteiger partial charge in [0.1, 0.15) is 0 Å². The van der Waals surface area contributed by atoms with E-state index in [1.54, 1.807) is 35.9 Å². The van der Waals surface area contributed by atoms with Gasteiger partial charge in [0.15, 0.2) is 11.6 Å². The van der Waals surface area contributed by atoms with Crippen molar-refractivity contribution in [3.63, 3.8) is 0 Å². The summed E-state index contributed by atoms with van der Waals surface area (Å²) in [6, 6.07) is 12.6. The van der Waals surface area contributed by atoms with Gasteiger partial charge in [0, 0.05) is 24.5 Å². The third kappa shape index (κ3) is 5.19. The van der Waals surface area contributed by atoms with Gasteiger partial charge in [-0.3, -0.25) is 4.79 Å². The molecule has 1 aliphatic heterocycles. The third-order valence-electron chi connectivity index (χ3n) is 5.64. The first-order valence-electron chi connectivity index (χ1n) is 11.1. The molecule has 9 heteroatoms. The highest BCUT2D eigenvalue weighted by Crippen LogP contribution is 2.23. The highest BCUT2D eigenvalue weighted by atomic mass is 16.5. The van der Waals surface area contributed by atoms with Gasteiger partial charge in [-0.2, -0.15) is 5.10 Å². The number of anilines is 2. The second-order valence-electron chi connectivity index (χ2n) is 8.16. The minimum Gasteiger partial charge on any atom is -0.462 e. The molecule has 0 radical (unpaired) electrons. The SMILES string of the molecule is CCOC(=O)c1ccc(NC(=O)C2CCCN(c3ccc(-n4nc(C)cc4C)nn3)C2)cc1. The summed E-state index contributed by atoms with van der Waals surface area (Å²) in [5.74, 6) is 0.832. The van der Waals surface area contributed by atoms with Crippen LogP contribution in [0.5, 0.6) is 0 Å². The average Bonchev–Trinajstić information content (AvgIpc) is 3.17. The van der Waals surface area contributed by atoms with Crippen LogP contribution in [0, 0.1) is 19.8 Å². The van der Waals surface area contributed by atoms with E-state index in [4.69, 9.17) is 4.74 Å². The van der Waals surface area contributed by atoms with Gasteiger partial charge in [-0.05, 0) is 76.1 Å². The fourth-order valence-corrected chi connectivity index (χ4v) is 4.01. The van der Waals surface area contributed by atoms with Crippen LogP contribution >= 0.6 is 0 Å². The van der Waals surface area contributed by atoms with Gasteiger partial charge in [-0.25, -0.2) is 9.48 Å². The highest BCUT2D eigenvalue weighted by molar-refractivity contribution is 5.94. The number of benzene rings is 1. The second-order valence-corrected chi connectivity index (χ2v) is 8.16. The molecular formula is C24H28N6O3. The maximum Gasteiger partial charge on any atom is 0.338 e. The number of ether oxygens (including phenoxy) is 1. The summed E-state index contributed by atoms with van der Waals surface area (Å²) in [5, 5.41) is 16.1. The standard InChI is InChI=1S/C24H28N6O3/c1-4-33-24(32)18-7-9-20(10-8-18)25-23(31)19-6-5-13-29(15-19)21-11-12-22(27-26-21)30-17(3)14-16(2)28-30/h7-12,14,19H,4-6,13,15H2,1-3H3,(H,25,31). The summed E-state index contributed by atoms with van der Waals surface area (Å²) < 4.78 is 6.76. The average molecular weight is 449 g/mol. The molecular weight excluding hydrogens is 420 g/mol. The molecule has 1 N–H and O–H groups in total. The molecule has 1 aromatic carbocycles. The number of hydrogen-bond donors (Lipinski definition) is 1. The molecule has 1 fully saturated rings. The van der Waals surface area contributed by atoms with Gasteiger partial charge in [0.25, 0.3) is 0 Å². The Bertz CT molecular complexity index is 1120. The number of nitrogens with one attached hydrogen (secondary N) is 1. The maximum absolute atomic E-state index is 12.9. The van der Waals surface area contributed by atoms with Crippen molar-refractivity contribution in [1.29, 1.82) is 0 Å². The molecule has 0 spiro atoms. The molecule has 33 heavy (non-hydrogen) atoms. The molecule has 1 saturated heterocycles. The van der Waals surface area contributed by atoms with Gasteiger partial charge < -0.3 is 15.0 Å². The molecule has 1 amide bonds. The van der Waals surface area contributed by atoms with Crippen LogP contribution in [0.2, 0.25) is 0 Å². The van der Waals surface area contributed by atoms with E-state index in [2.05, 4.69) is 25.5 Å². The maximum atomic E-state index is 12.9. The summed E-state index contributed by atoms with van der Waals surface area (Å²) in [6.07, 6.45) is 1.70. The van der Waals surface area contributed by atoms with Gasteiger partial charge in [0.2, 0.25) is 5.91 Å². The zero-order valence-electron chi connectivity index (χ0n) is 19.1. The van der Waals surface area contributed by atoms with Crippen LogP contribution in [0.4, 0.5) is 11.5 Å². The smallest absolute Gasteiger partial charge is 0.338 e. The molecule has 1 atom stereocenters. The molecule has 0 aliphatic carbocycles. The molecule has 9 nitrogen and oxygen atoms in total. The zero-order chi connectivity index (χ0) is 23.4. The predicted molar refractivity (Wildman–Crippen MR) is 125 cm³/mol. The van der Waals surface area contributed by atoms with Crippen LogP contribution in [0.3, 0.4) is 0 Å². The molecule has 0 bridgehead atoms. The van der Waals surface area contributed by atoms with E-state index < -0.39 is 0 Å². The molecule has 2 aromatic heterocycles. The van der Waals surface area contributed by atoms with E-state index in [1.165, 1.54) is 0 Å². The van der Waals surface area contributed by atoms with Crippen LogP contribution in [0.25, 0.3) is 5.82 Å². The number of esters is 1. The van der Waals surface area contributed by atoms with Gasteiger partial charge in [-0.15, -0.1) is 10.2 Å². The van der Waals surface area contributed by atoms with E-state index in [0.29, 0.717) is 30.2 Å². The van der Waals surface area contributed by atoms with Crippen LogP contribution < -0.4 is 10.2 Å². The Hall–Kier alpha value is -3.75. The summed E-state index contributed by atoms with van der Waals surface area (Å²) in [5.41, 5.74) is 3.04. The summed E-state index contributed by atoms with van der Waals surface area (Å²) in [6.45, 7) is 7.41. The van der Waals surface area contributed by atoms with Crippen molar-refractivity contribution in [2.24, 2.45) is 5.92 Å². The Balaban J connectivity index is 1.38. The summed E-state index contributed by atoms with van der Waals surface area (Å²) >= 11 is 0. The Labute approximate surface area is 192 Å². The number of rotatable bonds is 6. The first-order chi connectivity index (χ1) is 15.9. The number of amides is 1. The van der Waals surface area contributed by atoms with Crippen LogP contribution in [0.1, 0.15) is 41.5 Å². The number of carbonyl (C=O) groups is 2. The van der Waals surface area contributed by atoms with Crippen molar-refractivity contribution in [1.82, 2.24) is 20.0 Å². The topological polar surface area (TPSA) is 102 Å². The lowest BCUT2D eigenvalue weighted by Crippen LogP contribution is -2.41. The van der Waals surface area contributed by atoms with Crippen molar-refractivity contribution in [2.45, 2.75) is 33.6 Å². The van der Waals surface area contributed by atoms with E-state index >= 15 is 0 Å². The number of carbonyl (C=O) groups excluding carboxylic acids is 2. The predicted octanol–water partition coefficient (Wildman–Crippen LogP) is 3.31. The fraction of sp³-hybridized carbons (Fsp3) is 0.375. The molecule has 3 heterocycles. The largest absolute Gasteiger partial charge is 0.462 e. The summed E-state index contributed by atoms with van der Waals surface area (Å²) in [4.78, 5) is 26.7. The molecule has 172 valence electrons. The van der Waals surface area contributed by atoms with E-state index in [1.807, 2.05) is 32.0 Å². The number of aryl methyl sites for hydroxylation is 2. The lowest BCUT2D eigenvalue weighted by Gasteiger charge is -2.32. The van der Waals surface area contributed by atoms with E-state index in [9.17, 15) is 9.59 Å². The normalized spacial score (nSPS) is 15.8. The quantitative estimate of drug-likeness (QED) is 0.577. The molecule has 1 unspecified atom stereocenters. The Morgan fingerprint density at radius 2 is 1.82 bits per heavy atom. The molecule has 3 aromatic rings. The third-order valence-corrected chi connectivity index (χ3v) is 5.64. The van der Waals surface area contributed by atoms with Crippen molar-refractivity contribution in [3.8, 4) is 5.82 Å². The lowest BCUT2D eigenvalue weighted by atomic mass is 9.97. The Morgan fingerprint density at radius 3 is 2.45 bits per heavy atom. The fourth-order valence-electron chi connectivity index (χ4n) is 4.01. The second kappa shape index (κ2) is 9.81.